The van der Waals surface area contributed by atoms with Gasteiger partial charge in [0, 0.05) is 17.0 Å². The fraction of sp³-hybridized carbons (Fsp3) is 0.0952. The van der Waals surface area contributed by atoms with Crippen molar-refractivity contribution >= 4 is 22.2 Å². The molecule has 0 radical (unpaired) electrons. The van der Waals surface area contributed by atoms with Crippen molar-refractivity contribution in [2.45, 2.75) is 13.5 Å². The number of para-hydroxylation sites is 1. The van der Waals surface area contributed by atoms with Crippen LogP contribution in [0.4, 0.5) is 5.69 Å². The highest BCUT2D eigenvalue weighted by molar-refractivity contribution is 5.91. The number of rotatable bonds is 5. The van der Waals surface area contributed by atoms with Gasteiger partial charge in [-0.05, 0) is 43.3 Å². The van der Waals surface area contributed by atoms with Crippen molar-refractivity contribution in [3.05, 3.63) is 82.4 Å². The minimum absolute atomic E-state index is 0.0579. The van der Waals surface area contributed by atoms with Gasteiger partial charge in [-0.15, -0.1) is 5.10 Å². The lowest BCUT2D eigenvalue weighted by molar-refractivity contribution is -0.385. The Morgan fingerprint density at radius 1 is 1.17 bits per heavy atom. The smallest absolute Gasteiger partial charge is 0.272 e. The van der Waals surface area contributed by atoms with Gasteiger partial charge in [-0.2, -0.15) is 0 Å². The Kier molecular flexibility index (Phi) is 4.13. The highest BCUT2D eigenvalue weighted by Crippen LogP contribution is 2.26. The van der Waals surface area contributed by atoms with Gasteiger partial charge in [-0.25, -0.2) is 14.5 Å². The molecule has 0 N–H and O–H groups in total. The van der Waals surface area contributed by atoms with Gasteiger partial charge in [0.15, 0.2) is 11.4 Å². The molecule has 0 aliphatic heterocycles. The molecular weight excluding hydrogens is 386 g/mol. The average Bonchev–Trinajstić information content (AvgIpc) is 3.39. The van der Waals surface area contributed by atoms with Gasteiger partial charge in [0.2, 0.25) is 5.82 Å². The summed E-state index contributed by atoms with van der Waals surface area (Å²) in [6.07, 6.45) is 1.62. The number of aromatic nitrogens is 4. The van der Waals surface area contributed by atoms with E-state index < -0.39 is 4.92 Å². The Balaban J connectivity index is 1.37. The number of hydrogen-bond acceptors (Lipinski definition) is 7. The summed E-state index contributed by atoms with van der Waals surface area (Å²) in [5, 5.41) is 16.3. The normalized spacial score (nSPS) is 11.2. The van der Waals surface area contributed by atoms with E-state index >= 15 is 0 Å². The summed E-state index contributed by atoms with van der Waals surface area (Å²) in [6, 6.07) is 15.9. The fourth-order valence-electron chi connectivity index (χ4n) is 3.24. The molecule has 0 saturated carbocycles. The lowest BCUT2D eigenvalue weighted by atomic mass is 10.2. The maximum absolute atomic E-state index is 10.9. The number of furan rings is 1. The molecule has 0 amide bonds. The third-order valence-corrected chi connectivity index (χ3v) is 4.71. The molecule has 3 aromatic heterocycles. The zero-order valence-corrected chi connectivity index (χ0v) is 15.8. The lowest BCUT2D eigenvalue weighted by Crippen LogP contribution is -1.96. The summed E-state index contributed by atoms with van der Waals surface area (Å²) < 4.78 is 13.2. The SMILES string of the molecule is Cc1cc(OCc2ccc(-c3nc4c5ccccc5ncn4n3)o2)ccc1[N+](=O)[O-]. The van der Waals surface area contributed by atoms with Crippen LogP contribution in [0.2, 0.25) is 0 Å². The van der Waals surface area contributed by atoms with Crippen LogP contribution in [0.3, 0.4) is 0 Å². The van der Waals surface area contributed by atoms with E-state index in [4.69, 9.17) is 9.15 Å². The molecule has 0 bridgehead atoms. The highest BCUT2D eigenvalue weighted by atomic mass is 16.6. The molecular formula is C21H15N5O4. The molecule has 0 aliphatic carbocycles. The van der Waals surface area contributed by atoms with E-state index in [9.17, 15) is 10.1 Å². The third kappa shape index (κ3) is 3.12. The molecule has 5 rings (SSSR count). The molecule has 30 heavy (non-hydrogen) atoms. The largest absolute Gasteiger partial charge is 0.486 e. The molecule has 3 heterocycles. The molecule has 0 fully saturated rings. The second kappa shape index (κ2) is 6.96. The maximum Gasteiger partial charge on any atom is 0.272 e. The van der Waals surface area contributed by atoms with Crippen LogP contribution in [0.25, 0.3) is 28.1 Å². The van der Waals surface area contributed by atoms with E-state index in [-0.39, 0.29) is 12.3 Å². The maximum atomic E-state index is 10.9. The highest BCUT2D eigenvalue weighted by Gasteiger charge is 2.14. The second-order valence-corrected chi connectivity index (χ2v) is 6.73. The summed E-state index contributed by atoms with van der Waals surface area (Å²) in [5.41, 5.74) is 2.14. The Hall–Kier alpha value is -4.27. The molecule has 0 aliphatic rings. The van der Waals surface area contributed by atoms with Crippen molar-refractivity contribution in [1.29, 1.82) is 0 Å². The summed E-state index contributed by atoms with van der Waals surface area (Å²) in [4.78, 5) is 19.5. The summed E-state index contributed by atoms with van der Waals surface area (Å²) in [6.45, 7) is 1.85. The van der Waals surface area contributed by atoms with Gasteiger partial charge in [-0.1, -0.05) is 12.1 Å². The molecule has 5 aromatic rings. The number of nitro benzene ring substituents is 1. The minimum Gasteiger partial charge on any atom is -0.486 e. The molecule has 148 valence electrons. The van der Waals surface area contributed by atoms with Crippen LogP contribution in [0.5, 0.6) is 5.75 Å². The molecule has 0 atom stereocenters. The first kappa shape index (κ1) is 17.8. The number of nitro groups is 1. The van der Waals surface area contributed by atoms with Crippen molar-refractivity contribution in [3.63, 3.8) is 0 Å². The number of fused-ring (bicyclic) bond motifs is 3. The van der Waals surface area contributed by atoms with E-state index in [2.05, 4.69) is 15.1 Å². The lowest BCUT2D eigenvalue weighted by Gasteiger charge is -2.05. The Bertz CT molecular complexity index is 1410. The van der Waals surface area contributed by atoms with Gasteiger partial charge >= 0.3 is 0 Å². The van der Waals surface area contributed by atoms with Crippen LogP contribution in [0.15, 0.2) is 65.3 Å². The molecule has 9 nitrogen and oxygen atoms in total. The van der Waals surface area contributed by atoms with Crippen LogP contribution >= 0.6 is 0 Å². The quantitative estimate of drug-likeness (QED) is 0.318. The van der Waals surface area contributed by atoms with Crippen molar-refractivity contribution in [3.8, 4) is 17.3 Å². The van der Waals surface area contributed by atoms with Crippen LogP contribution in [-0.4, -0.2) is 24.5 Å². The first-order valence-corrected chi connectivity index (χ1v) is 9.15. The molecule has 0 unspecified atom stereocenters. The van der Waals surface area contributed by atoms with Gasteiger partial charge in [-0.3, -0.25) is 10.1 Å². The van der Waals surface area contributed by atoms with E-state index in [1.54, 1.807) is 42.0 Å². The van der Waals surface area contributed by atoms with Crippen LogP contribution in [-0.2, 0) is 6.61 Å². The molecule has 0 spiro atoms. The topological polar surface area (TPSA) is 109 Å². The van der Waals surface area contributed by atoms with E-state index in [0.717, 1.165) is 10.9 Å². The first-order chi connectivity index (χ1) is 14.6. The van der Waals surface area contributed by atoms with Gasteiger partial charge in [0.05, 0.1) is 10.4 Å². The fourth-order valence-corrected chi connectivity index (χ4v) is 3.24. The Morgan fingerprint density at radius 2 is 2.03 bits per heavy atom. The van der Waals surface area contributed by atoms with E-state index in [1.807, 2.05) is 24.3 Å². The number of ether oxygens (including phenoxy) is 1. The van der Waals surface area contributed by atoms with Gasteiger partial charge in [0.1, 0.15) is 24.4 Å². The Labute approximate surface area is 169 Å². The number of hydrogen-bond donors (Lipinski definition) is 0. The molecule has 9 heteroatoms. The van der Waals surface area contributed by atoms with E-state index in [1.165, 1.54) is 6.07 Å². The number of nitrogens with zero attached hydrogens (tertiary/aromatic N) is 5. The summed E-state index contributed by atoms with van der Waals surface area (Å²) >= 11 is 0. The number of benzene rings is 2. The van der Waals surface area contributed by atoms with Crippen LogP contribution in [0.1, 0.15) is 11.3 Å². The monoisotopic (exact) mass is 401 g/mol. The third-order valence-electron chi connectivity index (χ3n) is 4.71. The standard InChI is InChI=1S/C21H15N5O4/c1-13-10-14(6-8-18(13)26(27)28)29-11-15-7-9-19(30-15)20-23-21-16-4-2-3-5-17(16)22-12-25(21)24-20/h2-10,12H,11H2,1H3. The van der Waals surface area contributed by atoms with Crippen molar-refractivity contribution < 1.29 is 14.1 Å². The number of aryl methyl sites for hydroxylation is 1. The summed E-state index contributed by atoms with van der Waals surface area (Å²) in [5.74, 6) is 2.08. The zero-order chi connectivity index (χ0) is 20.7. The first-order valence-electron chi connectivity index (χ1n) is 9.15. The predicted molar refractivity (Wildman–Crippen MR) is 108 cm³/mol. The van der Waals surface area contributed by atoms with Crippen LogP contribution < -0.4 is 4.74 Å². The average molecular weight is 401 g/mol. The van der Waals surface area contributed by atoms with Gasteiger partial charge < -0.3 is 9.15 Å². The Morgan fingerprint density at radius 3 is 2.87 bits per heavy atom. The molecule has 0 saturated heterocycles. The van der Waals surface area contributed by atoms with Crippen molar-refractivity contribution in [1.82, 2.24) is 19.6 Å². The second-order valence-electron chi connectivity index (χ2n) is 6.73. The minimum atomic E-state index is -0.418. The van der Waals surface area contributed by atoms with Gasteiger partial charge in [0.25, 0.3) is 5.69 Å². The molecule has 2 aromatic carbocycles. The van der Waals surface area contributed by atoms with Crippen molar-refractivity contribution in [2.24, 2.45) is 0 Å². The zero-order valence-electron chi connectivity index (χ0n) is 15.8. The van der Waals surface area contributed by atoms with E-state index in [0.29, 0.717) is 34.3 Å². The van der Waals surface area contributed by atoms with Crippen molar-refractivity contribution in [2.75, 3.05) is 0 Å². The predicted octanol–water partition coefficient (Wildman–Crippen LogP) is 4.33. The van der Waals surface area contributed by atoms with Crippen LogP contribution in [0, 0.1) is 17.0 Å². The summed E-state index contributed by atoms with van der Waals surface area (Å²) in [7, 11) is 0.